The van der Waals surface area contributed by atoms with Crippen LogP contribution in [0.4, 0.5) is 0 Å². The molecule has 8 heteroatoms. The minimum atomic E-state index is -5.75. The van der Waals surface area contributed by atoms with Crippen LogP contribution in [0.2, 0.25) is 0 Å². The predicted octanol–water partition coefficient (Wildman–Crippen LogP) is -2.63. The monoisotopic (exact) mass is 496 g/mol. The van der Waals surface area contributed by atoms with E-state index >= 15 is 0 Å². The zero-order valence-electron chi connectivity index (χ0n) is 4.16. The van der Waals surface area contributed by atoms with Gasteiger partial charge >= 0.3 is 104 Å². The molecule has 0 rings (SSSR count). The molecule has 0 aromatic rings. The Labute approximate surface area is 102 Å². The van der Waals surface area contributed by atoms with Gasteiger partial charge in [0.15, 0.2) is 0 Å². The van der Waals surface area contributed by atoms with E-state index in [0.29, 0.717) is 0 Å². The van der Waals surface area contributed by atoms with Gasteiger partial charge in [-0.2, -0.15) is 0 Å². The molecule has 0 N–H and O–H groups in total. The fourth-order valence-electron chi connectivity index (χ4n) is 0. The zero-order valence-corrected chi connectivity index (χ0v) is 17.9. The molecule has 8 heavy (non-hydrogen) atoms. The van der Waals surface area contributed by atoms with Crippen LogP contribution in [0.3, 0.4) is 0 Å². The van der Waals surface area contributed by atoms with Gasteiger partial charge in [0.05, 0.1) is 0 Å². The molecular weight excluding hydrogens is 494 g/mol. The van der Waals surface area contributed by atoms with Crippen LogP contribution in [0.15, 0.2) is 0 Å². The van der Waals surface area contributed by atoms with E-state index in [1.165, 1.54) is 0 Å². The van der Waals surface area contributed by atoms with Gasteiger partial charge in [0.1, 0.15) is 0 Å². The number of hydrogen-bond donors (Lipinski definition) is 0. The molecule has 0 aromatic heterocycles. The van der Waals surface area contributed by atoms with Crippen LogP contribution in [0.1, 0.15) is 0 Å². The van der Waals surface area contributed by atoms with Gasteiger partial charge in [-0.3, -0.25) is 0 Å². The van der Waals surface area contributed by atoms with E-state index in [0.717, 1.165) is 0 Å². The molecule has 0 amide bonds. The molecule has 1 radical (unpaired) electrons. The molecule has 0 atom stereocenters. The fraction of sp³-hybridized carbons (Fsp3) is 0. The Morgan fingerprint density at radius 1 is 1.12 bits per heavy atom. The Hall–Kier alpha value is 2.53. The third-order valence-electron chi connectivity index (χ3n) is 0. The third kappa shape index (κ3) is 75.5. The second-order valence-electron chi connectivity index (χ2n) is 0.408. The minimum Gasteiger partial charge on any atom is 2.00 e. The Bertz CT molecular complexity index is 99.2. The van der Waals surface area contributed by atoms with Crippen molar-refractivity contribution >= 4 is 0 Å². The van der Waals surface area contributed by atoms with Crippen molar-refractivity contribution in [3.63, 3.8) is 0 Å². The summed E-state index contributed by atoms with van der Waals surface area (Å²) in [5, 5.41) is 0. The Kier molecular flexibility index (Phi) is 26.7. The summed E-state index contributed by atoms with van der Waals surface area (Å²) < 4.78 is 34.4. The maximum absolute atomic E-state index is 8.59. The van der Waals surface area contributed by atoms with E-state index in [4.69, 9.17) is 15.9 Å². The Morgan fingerprint density at radius 2 is 1.12 bits per heavy atom. The smallest absolute Gasteiger partial charge is 2.00 e. The van der Waals surface area contributed by atoms with E-state index < -0.39 is 13.6 Å². The molecule has 0 aromatic carbocycles. The van der Waals surface area contributed by atoms with Crippen molar-refractivity contribution in [2.24, 2.45) is 0 Å². The molecule has 0 heterocycles. The predicted molar refractivity (Wildman–Crippen MR) is 1.37 cm³/mol. The van der Waals surface area contributed by atoms with Crippen molar-refractivity contribution in [2.45, 2.75) is 0 Å². The average Bonchev–Trinajstić information content (AvgIpc) is 0.722. The summed E-state index contributed by atoms with van der Waals surface area (Å²) in [7, 11) is 0. The van der Waals surface area contributed by atoms with Crippen molar-refractivity contribution in [1.82, 2.24) is 0 Å². The summed E-state index contributed by atoms with van der Waals surface area (Å²) in [6.07, 6.45) is 0. The maximum Gasteiger partial charge on any atom is 2.00 e. The van der Waals surface area contributed by atoms with Crippen molar-refractivity contribution in [2.75, 3.05) is 0 Å². The van der Waals surface area contributed by atoms with Crippen molar-refractivity contribution in [1.29, 1.82) is 0 Å². The van der Waals surface area contributed by atoms with Crippen LogP contribution in [-0.4, -0.2) is 0 Å². The average molecular weight is 494 g/mol. The Morgan fingerprint density at radius 3 is 1.12 bits per heavy atom. The van der Waals surface area contributed by atoms with Gasteiger partial charge in [-0.25, -0.2) is 0 Å². The summed E-state index contributed by atoms with van der Waals surface area (Å²) in [5.74, 6) is 0. The van der Waals surface area contributed by atoms with Crippen LogP contribution in [0.25, 0.3) is 0 Å². The van der Waals surface area contributed by atoms with E-state index in [2.05, 4.69) is 0 Å². The summed E-state index contributed by atoms with van der Waals surface area (Å²) in [6.45, 7) is 0. The van der Waals surface area contributed by atoms with E-state index in [1.54, 1.807) is 0 Å². The molecule has 0 saturated carbocycles. The normalized spacial score (nSPS) is 7.25. The van der Waals surface area contributed by atoms with Crippen LogP contribution < -0.4 is 8.32 Å². The zero-order chi connectivity index (χ0) is 4.50. The minimum absolute atomic E-state index is 0. The van der Waals surface area contributed by atoms with Crippen LogP contribution in [-0.2, 0) is 95.7 Å². The van der Waals surface area contributed by atoms with Crippen LogP contribution >= 0.6 is 0 Å². The second kappa shape index (κ2) is 9.53. The van der Waals surface area contributed by atoms with Gasteiger partial charge < -0.3 is 0 Å². The first-order valence-electron chi connectivity index (χ1n) is 0.667. The standard InChI is InChI=1S/Cd.Cr.Hg.4O.Zn/q+2;;+1;;;2*-1;+2. The van der Waals surface area contributed by atoms with Crippen molar-refractivity contribution in [3.8, 4) is 0 Å². The topological polar surface area (TPSA) is 80.3 Å². The van der Waals surface area contributed by atoms with E-state index in [9.17, 15) is 0 Å². The van der Waals surface area contributed by atoms with Gasteiger partial charge in [-0.15, -0.1) is 0 Å². The largest absolute Gasteiger partial charge is 2.00 e. The maximum atomic E-state index is 8.59. The van der Waals surface area contributed by atoms with Gasteiger partial charge in [-0.05, 0) is 0 Å². The Balaban J connectivity index is -0.0000000267. The molecule has 0 aliphatic carbocycles. The van der Waals surface area contributed by atoms with Crippen LogP contribution in [0.5, 0.6) is 0 Å². The number of hydrogen-bond acceptors (Lipinski definition) is 4. The van der Waals surface area contributed by atoms with Gasteiger partial charge in [-0.1, -0.05) is 0 Å². The molecule has 33 valence electrons. The van der Waals surface area contributed by atoms with E-state index in [1.807, 2.05) is 0 Å². The fourth-order valence-corrected chi connectivity index (χ4v) is 0. The summed E-state index contributed by atoms with van der Waals surface area (Å²) >= 11 is -5.75. The SMILES string of the molecule is [Cd+2].[Hg+].[O]=[Cr](=[O])([O-])[O-].[Zn+2]. The molecule has 0 bridgehead atoms. The van der Waals surface area contributed by atoms with Crippen molar-refractivity contribution < 1.29 is 104 Å². The van der Waals surface area contributed by atoms with Gasteiger partial charge in [0, 0.05) is 0 Å². The first kappa shape index (κ1) is 22.4. The van der Waals surface area contributed by atoms with Gasteiger partial charge in [0.25, 0.3) is 0 Å². The quantitative estimate of drug-likeness (QED) is 0.346. The second-order valence-corrected chi connectivity index (χ2v) is 1.68. The third-order valence-corrected chi connectivity index (χ3v) is 0. The molecule has 0 fully saturated rings. The number of rotatable bonds is 0. The molecular formula is CdCrHgO4Zn+3. The molecule has 4 nitrogen and oxygen atoms in total. The first-order valence-corrected chi connectivity index (χ1v) is 2.75. The summed E-state index contributed by atoms with van der Waals surface area (Å²) in [6, 6.07) is 0. The molecule has 0 aliphatic rings. The van der Waals surface area contributed by atoms with Gasteiger partial charge in [0.2, 0.25) is 0 Å². The molecule has 0 unspecified atom stereocenters. The molecule has 0 aliphatic heterocycles. The first-order chi connectivity index (χ1) is 2.00. The summed E-state index contributed by atoms with van der Waals surface area (Å²) in [4.78, 5) is 0. The van der Waals surface area contributed by atoms with Crippen molar-refractivity contribution in [3.05, 3.63) is 0 Å². The molecule has 0 saturated heterocycles. The summed E-state index contributed by atoms with van der Waals surface area (Å²) in [5.41, 5.74) is 0. The molecule has 0 spiro atoms. The van der Waals surface area contributed by atoms with Crippen LogP contribution in [0, 0.1) is 0 Å². The van der Waals surface area contributed by atoms with E-state index in [-0.39, 0.29) is 74.4 Å².